The largest absolute Gasteiger partial charge is 0.472 e. The number of nitrogens with one attached hydrogen (secondary N) is 3. The van der Waals surface area contributed by atoms with Gasteiger partial charge in [0, 0.05) is 24.9 Å². The summed E-state index contributed by atoms with van der Waals surface area (Å²) >= 11 is 0. The van der Waals surface area contributed by atoms with Crippen LogP contribution in [0.4, 0.5) is 0 Å². The highest BCUT2D eigenvalue weighted by Gasteiger charge is 2.33. The predicted octanol–water partition coefficient (Wildman–Crippen LogP) is -1.03. The van der Waals surface area contributed by atoms with Crippen molar-refractivity contribution in [2.75, 3.05) is 13.2 Å². The second-order valence-electron chi connectivity index (χ2n) is 5.35. The van der Waals surface area contributed by atoms with Gasteiger partial charge in [0.25, 0.3) is 5.56 Å². The standard InChI is InChI=1S/C14H16N4O6S/c19-13-11(7-16-14(20)17-13)25(21,22)18-9-8-23-6-4-10(9)24-12-3-1-2-5-15-12/h1-3,5,7,9-10,18H,4,6,8H2,(H2,16,17,19,20)/t9-,10-/m1/s1. The summed E-state index contributed by atoms with van der Waals surface area (Å²) in [6.07, 6.45) is 2.35. The molecular weight excluding hydrogens is 352 g/mol. The van der Waals surface area contributed by atoms with Crippen LogP contribution in [0.1, 0.15) is 6.42 Å². The van der Waals surface area contributed by atoms with Gasteiger partial charge in [-0.3, -0.25) is 9.78 Å². The number of rotatable bonds is 5. The van der Waals surface area contributed by atoms with Crippen molar-refractivity contribution in [3.63, 3.8) is 0 Å². The normalized spacial score (nSPS) is 21.0. The molecule has 0 aromatic carbocycles. The highest BCUT2D eigenvalue weighted by molar-refractivity contribution is 7.89. The Labute approximate surface area is 142 Å². The number of hydrogen-bond acceptors (Lipinski definition) is 7. The van der Waals surface area contributed by atoms with Crippen molar-refractivity contribution < 1.29 is 17.9 Å². The smallest absolute Gasteiger partial charge is 0.325 e. The summed E-state index contributed by atoms with van der Waals surface area (Å²) in [4.78, 5) is 30.2. The van der Waals surface area contributed by atoms with Crippen molar-refractivity contribution in [2.24, 2.45) is 0 Å². The molecule has 2 atom stereocenters. The molecule has 1 saturated heterocycles. The molecule has 1 fully saturated rings. The van der Waals surface area contributed by atoms with Crippen LogP contribution in [0.25, 0.3) is 0 Å². The zero-order valence-corrected chi connectivity index (χ0v) is 13.8. The lowest BCUT2D eigenvalue weighted by atomic mass is 10.1. The first kappa shape index (κ1) is 17.3. The molecule has 2 aromatic heterocycles. The van der Waals surface area contributed by atoms with Crippen LogP contribution in [-0.2, 0) is 14.8 Å². The molecule has 3 rings (SSSR count). The molecule has 0 unspecified atom stereocenters. The van der Waals surface area contributed by atoms with Crippen molar-refractivity contribution >= 4 is 10.0 Å². The first-order valence-electron chi connectivity index (χ1n) is 7.45. The van der Waals surface area contributed by atoms with Gasteiger partial charge >= 0.3 is 5.69 Å². The molecule has 1 aliphatic heterocycles. The molecule has 0 radical (unpaired) electrons. The van der Waals surface area contributed by atoms with E-state index in [1.807, 2.05) is 4.98 Å². The number of sulfonamides is 1. The molecule has 0 amide bonds. The third kappa shape index (κ3) is 4.13. The molecule has 3 heterocycles. The van der Waals surface area contributed by atoms with E-state index in [0.717, 1.165) is 6.20 Å². The zero-order chi connectivity index (χ0) is 17.9. The second kappa shape index (κ2) is 7.17. The number of H-pyrrole nitrogens is 2. The third-order valence-electron chi connectivity index (χ3n) is 3.58. The Morgan fingerprint density at radius 1 is 1.32 bits per heavy atom. The average Bonchev–Trinajstić information content (AvgIpc) is 2.57. The summed E-state index contributed by atoms with van der Waals surface area (Å²) in [6, 6.07) is 4.43. The SMILES string of the molecule is O=c1[nH]cc(S(=O)(=O)N[C@@H]2COCC[C@H]2Oc2ccccn2)c(=O)[nH]1. The molecule has 0 aliphatic carbocycles. The van der Waals surface area contributed by atoms with Crippen LogP contribution >= 0.6 is 0 Å². The third-order valence-corrected chi connectivity index (χ3v) is 5.08. The maximum absolute atomic E-state index is 12.5. The molecule has 134 valence electrons. The van der Waals surface area contributed by atoms with Crippen molar-refractivity contribution in [3.05, 3.63) is 51.4 Å². The van der Waals surface area contributed by atoms with Crippen LogP contribution < -0.4 is 20.7 Å². The van der Waals surface area contributed by atoms with Crippen LogP contribution in [0.15, 0.2) is 45.1 Å². The van der Waals surface area contributed by atoms with Gasteiger partial charge in [-0.1, -0.05) is 6.07 Å². The maximum atomic E-state index is 12.5. The number of nitrogens with zero attached hydrogens (tertiary/aromatic N) is 1. The summed E-state index contributed by atoms with van der Waals surface area (Å²) in [7, 11) is -4.18. The number of ether oxygens (including phenoxy) is 2. The fourth-order valence-electron chi connectivity index (χ4n) is 2.40. The van der Waals surface area contributed by atoms with Crippen molar-refractivity contribution in [1.29, 1.82) is 0 Å². The quantitative estimate of drug-likeness (QED) is 0.612. The number of hydrogen-bond donors (Lipinski definition) is 3. The Morgan fingerprint density at radius 2 is 2.16 bits per heavy atom. The second-order valence-corrected chi connectivity index (χ2v) is 7.03. The molecule has 11 heteroatoms. The summed E-state index contributed by atoms with van der Waals surface area (Å²) in [6.45, 7) is 0.493. The van der Waals surface area contributed by atoms with E-state index in [4.69, 9.17) is 9.47 Å². The van der Waals surface area contributed by atoms with Gasteiger partial charge in [-0.2, -0.15) is 0 Å². The molecule has 25 heavy (non-hydrogen) atoms. The molecule has 2 aromatic rings. The topological polar surface area (TPSA) is 143 Å². The molecule has 0 bridgehead atoms. The Kier molecular flexibility index (Phi) is 4.97. The molecule has 3 N–H and O–H groups in total. The van der Waals surface area contributed by atoms with Gasteiger partial charge in [0.05, 0.1) is 19.3 Å². The van der Waals surface area contributed by atoms with E-state index in [1.54, 1.807) is 24.4 Å². The number of aromatic nitrogens is 3. The van der Waals surface area contributed by atoms with Crippen LogP contribution in [0.3, 0.4) is 0 Å². The van der Waals surface area contributed by atoms with E-state index in [-0.39, 0.29) is 6.61 Å². The van der Waals surface area contributed by atoms with E-state index < -0.39 is 38.3 Å². The highest BCUT2D eigenvalue weighted by atomic mass is 32.2. The maximum Gasteiger partial charge on any atom is 0.325 e. The fourth-order valence-corrected chi connectivity index (χ4v) is 3.66. The lowest BCUT2D eigenvalue weighted by Crippen LogP contribution is -2.52. The first-order chi connectivity index (χ1) is 12.0. The lowest BCUT2D eigenvalue weighted by molar-refractivity contribution is 0.00149. The molecule has 0 spiro atoms. The Morgan fingerprint density at radius 3 is 2.88 bits per heavy atom. The van der Waals surface area contributed by atoms with Crippen LogP contribution in [0, 0.1) is 0 Å². The monoisotopic (exact) mass is 368 g/mol. The number of aromatic amines is 2. The van der Waals surface area contributed by atoms with E-state index >= 15 is 0 Å². The highest BCUT2D eigenvalue weighted by Crippen LogP contribution is 2.17. The van der Waals surface area contributed by atoms with Gasteiger partial charge in [0.2, 0.25) is 15.9 Å². The van der Waals surface area contributed by atoms with Gasteiger partial charge in [-0.15, -0.1) is 0 Å². The molecule has 1 aliphatic rings. The van der Waals surface area contributed by atoms with E-state index in [1.165, 1.54) is 0 Å². The van der Waals surface area contributed by atoms with E-state index in [9.17, 15) is 18.0 Å². The molecule has 0 saturated carbocycles. The minimum atomic E-state index is -4.18. The Hall–Kier alpha value is -2.50. The van der Waals surface area contributed by atoms with Crippen molar-refractivity contribution in [1.82, 2.24) is 19.7 Å². The average molecular weight is 368 g/mol. The summed E-state index contributed by atoms with van der Waals surface area (Å²) < 4.78 is 38.3. The van der Waals surface area contributed by atoms with Gasteiger partial charge < -0.3 is 14.5 Å². The van der Waals surface area contributed by atoms with Crippen LogP contribution in [-0.4, -0.2) is 48.7 Å². The summed E-state index contributed by atoms with van der Waals surface area (Å²) in [5, 5.41) is 0. The van der Waals surface area contributed by atoms with E-state index in [2.05, 4.69) is 14.7 Å². The minimum absolute atomic E-state index is 0.0813. The minimum Gasteiger partial charge on any atom is -0.472 e. The lowest BCUT2D eigenvalue weighted by Gasteiger charge is -2.31. The van der Waals surface area contributed by atoms with Gasteiger partial charge in [-0.05, 0) is 6.07 Å². The summed E-state index contributed by atoms with van der Waals surface area (Å²) in [5.41, 5.74) is -1.79. The van der Waals surface area contributed by atoms with Crippen molar-refractivity contribution in [2.45, 2.75) is 23.5 Å². The summed E-state index contributed by atoms with van der Waals surface area (Å²) in [5.74, 6) is 0.362. The first-order valence-corrected chi connectivity index (χ1v) is 8.94. The Bertz CT molecular complexity index is 940. The van der Waals surface area contributed by atoms with Crippen molar-refractivity contribution in [3.8, 4) is 5.88 Å². The fraction of sp³-hybridized carbons (Fsp3) is 0.357. The van der Waals surface area contributed by atoms with E-state index in [0.29, 0.717) is 18.9 Å². The molecular formula is C14H16N4O6S. The predicted molar refractivity (Wildman–Crippen MR) is 85.9 cm³/mol. The van der Waals surface area contributed by atoms with Gasteiger partial charge in [0.15, 0.2) is 4.90 Å². The van der Waals surface area contributed by atoms with Crippen LogP contribution in [0.5, 0.6) is 5.88 Å². The van der Waals surface area contributed by atoms with Crippen LogP contribution in [0.2, 0.25) is 0 Å². The molecule has 10 nitrogen and oxygen atoms in total. The van der Waals surface area contributed by atoms with Gasteiger partial charge in [0.1, 0.15) is 6.10 Å². The Balaban J connectivity index is 1.81. The zero-order valence-electron chi connectivity index (χ0n) is 13.0. The van der Waals surface area contributed by atoms with Gasteiger partial charge in [-0.25, -0.2) is 22.9 Å². The number of pyridine rings is 1.